The van der Waals surface area contributed by atoms with Crippen LogP contribution in [0.25, 0.3) is 0 Å². The Kier molecular flexibility index (Phi) is 6.02. The predicted molar refractivity (Wildman–Crippen MR) is 73.1 cm³/mol. The lowest BCUT2D eigenvalue weighted by molar-refractivity contribution is -0.383. The number of para-hydroxylation sites is 2. The van der Waals surface area contributed by atoms with Gasteiger partial charge in [0.25, 0.3) is 17.5 Å². The molecule has 0 saturated heterocycles. The molecule has 0 aliphatic carbocycles. The number of benzene rings is 1. The summed E-state index contributed by atoms with van der Waals surface area (Å²) in [5.74, 6) is -0.484. The number of carbonyl (C=O) groups is 1. The summed E-state index contributed by atoms with van der Waals surface area (Å²) in [4.78, 5) is 22.0. The second kappa shape index (κ2) is 7.78. The number of nitrogens with zero attached hydrogens (tertiary/aromatic N) is 1. The van der Waals surface area contributed by atoms with Crippen molar-refractivity contribution >= 4 is 17.3 Å². The van der Waals surface area contributed by atoms with Gasteiger partial charge in [-0.15, -0.1) is 0 Å². The number of amides is 1. The number of ether oxygens (including phenoxy) is 2. The summed E-state index contributed by atoms with van der Waals surface area (Å²) < 4.78 is 10.2. The van der Waals surface area contributed by atoms with Crippen molar-refractivity contribution in [2.75, 3.05) is 18.5 Å². The van der Waals surface area contributed by atoms with Gasteiger partial charge in [-0.25, -0.2) is 0 Å². The Morgan fingerprint density at radius 1 is 1.30 bits per heavy atom. The van der Waals surface area contributed by atoms with Crippen molar-refractivity contribution in [3.05, 3.63) is 46.4 Å². The third-order valence-electron chi connectivity index (χ3n) is 2.18. The molecule has 0 atom stereocenters. The number of nitro benzene ring substituents is 1. The van der Waals surface area contributed by atoms with Crippen molar-refractivity contribution in [1.82, 2.24) is 0 Å². The molecule has 0 unspecified atom stereocenters. The average molecular weight is 280 g/mol. The highest BCUT2D eigenvalue weighted by Crippen LogP contribution is 2.23. The van der Waals surface area contributed by atoms with Crippen molar-refractivity contribution in [3.63, 3.8) is 0 Å². The first kappa shape index (κ1) is 15.5. The summed E-state index contributed by atoms with van der Waals surface area (Å²) in [5.41, 5.74) is -0.0604. The highest BCUT2D eigenvalue weighted by molar-refractivity contribution is 6.00. The second-order valence-corrected chi connectivity index (χ2v) is 3.59. The van der Waals surface area contributed by atoms with Gasteiger partial charge in [0.15, 0.2) is 0 Å². The van der Waals surface area contributed by atoms with Gasteiger partial charge in [-0.2, -0.15) is 0 Å². The molecule has 0 bridgehead atoms. The normalized spacial score (nSPS) is 9.50. The van der Waals surface area contributed by atoms with Crippen LogP contribution in [-0.2, 0) is 14.3 Å². The maximum absolute atomic E-state index is 11.8. The van der Waals surface area contributed by atoms with Crippen molar-refractivity contribution in [3.8, 4) is 0 Å². The summed E-state index contributed by atoms with van der Waals surface area (Å²) in [7, 11) is 0. The third kappa shape index (κ3) is 4.60. The summed E-state index contributed by atoms with van der Waals surface area (Å²) in [6, 6.07) is 5.88. The van der Waals surface area contributed by atoms with Crippen LogP contribution in [0.2, 0.25) is 0 Å². The largest absolute Gasteiger partial charge is 0.466 e. The van der Waals surface area contributed by atoms with Crippen LogP contribution in [-0.4, -0.2) is 24.0 Å². The molecule has 7 nitrogen and oxygen atoms in total. The molecule has 108 valence electrons. The Morgan fingerprint density at radius 2 is 1.90 bits per heavy atom. The maximum Gasteiger partial charge on any atom is 0.292 e. The first-order valence-corrected chi connectivity index (χ1v) is 6.10. The molecular formula is C13H16N2O5. The molecule has 0 aliphatic heterocycles. The van der Waals surface area contributed by atoms with E-state index in [1.807, 2.05) is 0 Å². The molecule has 20 heavy (non-hydrogen) atoms. The number of nitro groups is 1. The van der Waals surface area contributed by atoms with Gasteiger partial charge in [-0.05, 0) is 19.9 Å². The molecule has 1 rings (SSSR count). The summed E-state index contributed by atoms with van der Waals surface area (Å²) in [6.45, 7) is 4.22. The quantitative estimate of drug-likeness (QED) is 0.358. The van der Waals surface area contributed by atoms with Crippen molar-refractivity contribution in [2.45, 2.75) is 13.8 Å². The first-order valence-electron chi connectivity index (χ1n) is 6.10. The number of anilines is 1. The van der Waals surface area contributed by atoms with Crippen LogP contribution < -0.4 is 5.32 Å². The molecule has 1 aromatic rings. The van der Waals surface area contributed by atoms with Gasteiger partial charge in [0.05, 0.1) is 24.2 Å². The minimum atomic E-state index is -0.564. The lowest BCUT2D eigenvalue weighted by Gasteiger charge is -2.08. The van der Waals surface area contributed by atoms with E-state index in [-0.39, 0.29) is 17.3 Å². The molecule has 0 fully saturated rings. The van der Waals surface area contributed by atoms with Gasteiger partial charge in [0, 0.05) is 6.07 Å². The number of rotatable bonds is 7. The molecule has 1 aromatic carbocycles. The summed E-state index contributed by atoms with van der Waals surface area (Å²) in [6.07, 6.45) is 1.11. The Bertz CT molecular complexity index is 505. The Hall–Kier alpha value is -2.57. The molecule has 1 N–H and O–H groups in total. The average Bonchev–Trinajstić information content (AvgIpc) is 2.39. The number of nitrogens with one attached hydrogen (secondary N) is 1. The van der Waals surface area contributed by atoms with Crippen LogP contribution >= 0.6 is 0 Å². The van der Waals surface area contributed by atoms with E-state index in [1.165, 1.54) is 18.2 Å². The minimum absolute atomic E-state index is 0.0751. The topological polar surface area (TPSA) is 90.7 Å². The third-order valence-corrected chi connectivity index (χ3v) is 2.18. The van der Waals surface area contributed by atoms with Gasteiger partial charge in [0.2, 0.25) is 0 Å². The molecule has 0 aliphatic rings. The fourth-order valence-electron chi connectivity index (χ4n) is 1.42. The second-order valence-electron chi connectivity index (χ2n) is 3.59. The van der Waals surface area contributed by atoms with Gasteiger partial charge in [-0.3, -0.25) is 14.9 Å². The van der Waals surface area contributed by atoms with E-state index in [2.05, 4.69) is 5.32 Å². The molecule has 0 spiro atoms. The monoisotopic (exact) mass is 280 g/mol. The minimum Gasteiger partial charge on any atom is -0.466 e. The molecule has 0 heterocycles. The smallest absolute Gasteiger partial charge is 0.292 e. The molecule has 1 amide bonds. The van der Waals surface area contributed by atoms with Gasteiger partial charge in [-0.1, -0.05) is 12.1 Å². The fraction of sp³-hybridized carbons (Fsp3) is 0.308. The molecule has 0 saturated carbocycles. The van der Waals surface area contributed by atoms with Crippen molar-refractivity contribution < 1.29 is 19.2 Å². The summed E-state index contributed by atoms with van der Waals surface area (Å²) >= 11 is 0. The zero-order valence-corrected chi connectivity index (χ0v) is 11.3. The lowest BCUT2D eigenvalue weighted by Crippen LogP contribution is -2.12. The van der Waals surface area contributed by atoms with Gasteiger partial charge in [0.1, 0.15) is 5.69 Å². The van der Waals surface area contributed by atoms with E-state index in [1.54, 1.807) is 19.9 Å². The maximum atomic E-state index is 11.8. The standard InChI is InChI=1S/C13H16N2O5/c1-3-19-13(20-4-2)9-12(16)14-10-7-5-6-8-11(10)15(17)18/h5-9H,3-4H2,1-2H3,(H,14,16). The molecular weight excluding hydrogens is 264 g/mol. The first-order chi connectivity index (χ1) is 9.58. The Morgan fingerprint density at radius 3 is 2.45 bits per heavy atom. The zero-order valence-electron chi connectivity index (χ0n) is 11.3. The Balaban J connectivity index is 2.85. The highest BCUT2D eigenvalue weighted by Gasteiger charge is 2.14. The van der Waals surface area contributed by atoms with E-state index in [0.717, 1.165) is 6.08 Å². The predicted octanol–water partition coefficient (Wildman–Crippen LogP) is 2.45. The SMILES string of the molecule is CCOC(=CC(=O)Nc1ccccc1[N+](=O)[O-])OCC. The van der Waals surface area contributed by atoms with Crippen LogP contribution in [0.3, 0.4) is 0 Å². The summed E-state index contributed by atoms with van der Waals surface area (Å²) in [5, 5.41) is 13.2. The molecule has 0 aromatic heterocycles. The fourth-order valence-corrected chi connectivity index (χ4v) is 1.42. The van der Waals surface area contributed by atoms with Crippen LogP contribution in [0.15, 0.2) is 36.3 Å². The number of carbonyl (C=O) groups excluding carboxylic acids is 1. The van der Waals surface area contributed by atoms with Crippen LogP contribution in [0.5, 0.6) is 0 Å². The molecule has 0 radical (unpaired) electrons. The van der Waals surface area contributed by atoms with Crippen molar-refractivity contribution in [2.24, 2.45) is 0 Å². The van der Waals surface area contributed by atoms with E-state index < -0.39 is 10.8 Å². The highest BCUT2D eigenvalue weighted by atomic mass is 16.7. The van der Waals surface area contributed by atoms with E-state index in [4.69, 9.17) is 9.47 Å². The Labute approximate surface area is 116 Å². The van der Waals surface area contributed by atoms with Gasteiger partial charge >= 0.3 is 0 Å². The van der Waals surface area contributed by atoms with Crippen LogP contribution in [0.1, 0.15) is 13.8 Å². The van der Waals surface area contributed by atoms with Crippen LogP contribution in [0, 0.1) is 10.1 Å². The van der Waals surface area contributed by atoms with E-state index in [9.17, 15) is 14.9 Å². The van der Waals surface area contributed by atoms with Gasteiger partial charge < -0.3 is 14.8 Å². The zero-order chi connectivity index (χ0) is 15.0. The number of hydrogen-bond donors (Lipinski definition) is 1. The van der Waals surface area contributed by atoms with Crippen molar-refractivity contribution in [1.29, 1.82) is 0 Å². The van der Waals surface area contributed by atoms with E-state index >= 15 is 0 Å². The lowest BCUT2D eigenvalue weighted by atomic mass is 10.2. The number of hydrogen-bond acceptors (Lipinski definition) is 5. The van der Waals surface area contributed by atoms with Crippen LogP contribution in [0.4, 0.5) is 11.4 Å². The van der Waals surface area contributed by atoms with E-state index in [0.29, 0.717) is 13.2 Å². The molecule has 7 heteroatoms.